The van der Waals surface area contributed by atoms with Crippen molar-refractivity contribution < 1.29 is 32.9 Å². The lowest BCUT2D eigenvalue weighted by Crippen LogP contribution is -2.42. The third-order valence-corrected chi connectivity index (χ3v) is 9.01. The van der Waals surface area contributed by atoms with E-state index in [4.69, 9.17) is 5.11 Å². The minimum atomic E-state index is -3.87. The van der Waals surface area contributed by atoms with Crippen LogP contribution in [0.4, 0.5) is 4.39 Å². The van der Waals surface area contributed by atoms with Gasteiger partial charge in [-0.2, -0.15) is 4.31 Å². The van der Waals surface area contributed by atoms with Crippen molar-refractivity contribution in [2.24, 2.45) is 0 Å². The molecule has 2 heterocycles. The summed E-state index contributed by atoms with van der Waals surface area (Å²) in [5, 5.41) is 29.6. The molecule has 0 spiro atoms. The predicted molar refractivity (Wildman–Crippen MR) is 146 cm³/mol. The first kappa shape index (κ1) is 28.9. The highest BCUT2D eigenvalue weighted by molar-refractivity contribution is 7.89. The Morgan fingerprint density at radius 1 is 0.974 bits per heavy atom. The Kier molecular flexibility index (Phi) is 8.90. The van der Waals surface area contributed by atoms with Gasteiger partial charge in [0, 0.05) is 30.9 Å². The number of hydrogen-bond donors (Lipinski definition) is 3. The molecule has 1 aliphatic rings. The number of aromatic nitrogens is 1. The maximum atomic E-state index is 14.1. The summed E-state index contributed by atoms with van der Waals surface area (Å²) in [6.07, 6.45) is -1.89. The first-order chi connectivity index (χ1) is 18.5. The zero-order valence-corrected chi connectivity index (χ0v) is 22.9. The van der Waals surface area contributed by atoms with Gasteiger partial charge in [-0.1, -0.05) is 44.2 Å². The molecule has 10 heteroatoms. The van der Waals surface area contributed by atoms with Crippen LogP contribution < -0.4 is 0 Å². The SMILES string of the molecule is CC(C)c1c(S(=O)(=O)N2CCC2)c(-c2ccccc2)c(-c2ccc(F)cc2)n1CC[C@@H](O)C[C@@H](O)CC(=O)O. The van der Waals surface area contributed by atoms with Crippen LogP contribution >= 0.6 is 0 Å². The first-order valence-corrected chi connectivity index (χ1v) is 14.6. The topological polar surface area (TPSA) is 120 Å². The van der Waals surface area contributed by atoms with Gasteiger partial charge in [0.25, 0.3) is 0 Å². The van der Waals surface area contributed by atoms with Gasteiger partial charge >= 0.3 is 5.97 Å². The van der Waals surface area contributed by atoms with E-state index in [0.29, 0.717) is 41.2 Å². The summed E-state index contributed by atoms with van der Waals surface area (Å²) in [6.45, 7) is 4.90. The van der Waals surface area contributed by atoms with Crippen molar-refractivity contribution in [3.63, 3.8) is 0 Å². The van der Waals surface area contributed by atoms with Gasteiger partial charge in [0.2, 0.25) is 10.0 Å². The predicted octanol–water partition coefficient (Wildman–Crippen LogP) is 4.46. The van der Waals surface area contributed by atoms with Crippen molar-refractivity contribution in [1.82, 2.24) is 8.87 Å². The summed E-state index contributed by atoms with van der Waals surface area (Å²) in [7, 11) is -3.87. The van der Waals surface area contributed by atoms with Crippen LogP contribution in [0, 0.1) is 5.82 Å². The molecule has 3 N–H and O–H groups in total. The van der Waals surface area contributed by atoms with Crippen molar-refractivity contribution in [2.45, 2.75) is 69.1 Å². The maximum absolute atomic E-state index is 14.1. The number of aliphatic hydroxyl groups excluding tert-OH is 2. The molecule has 1 saturated heterocycles. The third kappa shape index (κ3) is 6.24. The third-order valence-electron chi connectivity index (χ3n) is 7.04. The van der Waals surface area contributed by atoms with Crippen molar-refractivity contribution in [1.29, 1.82) is 0 Å². The van der Waals surface area contributed by atoms with Gasteiger partial charge in [0.05, 0.1) is 24.3 Å². The van der Waals surface area contributed by atoms with Crippen LogP contribution in [0.1, 0.15) is 51.1 Å². The summed E-state index contributed by atoms with van der Waals surface area (Å²) in [4.78, 5) is 11.1. The Balaban J connectivity index is 1.93. The molecule has 2 atom stereocenters. The normalized spacial score (nSPS) is 15.7. The summed E-state index contributed by atoms with van der Waals surface area (Å²) >= 11 is 0. The van der Waals surface area contributed by atoms with Gasteiger partial charge in [0.1, 0.15) is 10.7 Å². The number of carboxylic acids is 1. The van der Waals surface area contributed by atoms with Crippen LogP contribution in [0.2, 0.25) is 0 Å². The highest BCUT2D eigenvalue weighted by atomic mass is 32.2. The van der Waals surface area contributed by atoms with Crippen LogP contribution in [0.15, 0.2) is 59.5 Å². The fourth-order valence-electron chi connectivity index (χ4n) is 5.11. The second-order valence-corrected chi connectivity index (χ2v) is 12.2. The van der Waals surface area contributed by atoms with E-state index in [9.17, 15) is 27.8 Å². The quantitative estimate of drug-likeness (QED) is 0.302. The van der Waals surface area contributed by atoms with E-state index in [2.05, 4.69) is 0 Å². The number of carboxylic acid groups (broad SMARTS) is 1. The number of nitrogens with zero attached hydrogens (tertiary/aromatic N) is 2. The van der Waals surface area contributed by atoms with Crippen molar-refractivity contribution >= 4 is 16.0 Å². The Morgan fingerprint density at radius 3 is 2.15 bits per heavy atom. The van der Waals surface area contributed by atoms with Gasteiger partial charge in [-0.05, 0) is 60.6 Å². The van der Waals surface area contributed by atoms with Crippen LogP contribution in [0.5, 0.6) is 0 Å². The molecule has 39 heavy (non-hydrogen) atoms. The van der Waals surface area contributed by atoms with Gasteiger partial charge in [0.15, 0.2) is 0 Å². The van der Waals surface area contributed by atoms with Gasteiger partial charge in [-0.3, -0.25) is 4.79 Å². The number of aliphatic carboxylic acids is 1. The lowest BCUT2D eigenvalue weighted by molar-refractivity contribution is -0.139. The molecular weight excluding hydrogens is 523 g/mol. The van der Waals surface area contributed by atoms with Gasteiger partial charge in [-0.15, -0.1) is 0 Å². The summed E-state index contributed by atoms with van der Waals surface area (Å²) in [6, 6.07) is 15.1. The lowest BCUT2D eigenvalue weighted by Gasteiger charge is -2.30. The van der Waals surface area contributed by atoms with E-state index >= 15 is 0 Å². The minimum absolute atomic E-state index is 0.124. The Morgan fingerprint density at radius 2 is 1.62 bits per heavy atom. The average molecular weight is 559 g/mol. The molecule has 0 bridgehead atoms. The zero-order valence-electron chi connectivity index (χ0n) is 22.1. The summed E-state index contributed by atoms with van der Waals surface area (Å²) in [5.74, 6) is -1.80. The number of aliphatic hydroxyl groups is 2. The van der Waals surface area contributed by atoms with Crippen LogP contribution in [0.3, 0.4) is 0 Å². The Hall–Kier alpha value is -3.05. The van der Waals surface area contributed by atoms with E-state index < -0.39 is 40.4 Å². The molecule has 8 nitrogen and oxygen atoms in total. The molecule has 0 aliphatic carbocycles. The van der Waals surface area contributed by atoms with E-state index in [1.807, 2.05) is 48.7 Å². The van der Waals surface area contributed by atoms with Gasteiger partial charge < -0.3 is 19.9 Å². The van der Waals surface area contributed by atoms with Crippen molar-refractivity contribution in [3.05, 3.63) is 66.1 Å². The molecule has 1 aliphatic heterocycles. The van der Waals surface area contributed by atoms with Crippen LogP contribution in [0.25, 0.3) is 22.4 Å². The number of rotatable bonds is 12. The smallest absolute Gasteiger partial charge is 0.305 e. The molecule has 1 fully saturated rings. The molecule has 0 radical (unpaired) electrons. The Bertz CT molecular complexity index is 1400. The van der Waals surface area contributed by atoms with E-state index in [0.717, 1.165) is 6.42 Å². The van der Waals surface area contributed by atoms with Gasteiger partial charge in [-0.25, -0.2) is 12.8 Å². The fourth-order valence-corrected chi connectivity index (χ4v) is 7.19. The molecule has 4 rings (SSSR count). The molecule has 2 aromatic carbocycles. The maximum Gasteiger partial charge on any atom is 0.305 e. The molecule has 0 unspecified atom stereocenters. The highest BCUT2D eigenvalue weighted by Crippen LogP contribution is 2.46. The minimum Gasteiger partial charge on any atom is -0.481 e. The number of benzene rings is 2. The molecule has 210 valence electrons. The summed E-state index contributed by atoms with van der Waals surface area (Å²) in [5.41, 5.74) is 3.04. The van der Waals surface area contributed by atoms with Crippen LogP contribution in [-0.2, 0) is 21.4 Å². The monoisotopic (exact) mass is 558 g/mol. The summed E-state index contributed by atoms with van der Waals surface area (Å²) < 4.78 is 45.5. The Labute approximate surface area is 228 Å². The second kappa shape index (κ2) is 12.0. The van der Waals surface area contributed by atoms with E-state index in [1.54, 1.807) is 12.1 Å². The number of sulfonamides is 1. The van der Waals surface area contributed by atoms with Crippen molar-refractivity contribution in [2.75, 3.05) is 13.1 Å². The second-order valence-electron chi connectivity index (χ2n) is 10.3. The molecule has 3 aromatic rings. The van der Waals surface area contributed by atoms with Crippen LogP contribution in [-0.4, -0.2) is 63.9 Å². The molecule has 1 aromatic heterocycles. The molecule has 0 amide bonds. The molecular formula is C29H35FN2O6S. The highest BCUT2D eigenvalue weighted by Gasteiger charge is 2.39. The first-order valence-electron chi connectivity index (χ1n) is 13.2. The zero-order chi connectivity index (χ0) is 28.3. The van der Waals surface area contributed by atoms with Crippen molar-refractivity contribution in [3.8, 4) is 22.4 Å². The standard InChI is InChI=1S/C29H35FN2O6S/c1-19(2)27-29(39(37,38)31-14-6-15-31)26(20-7-4-3-5-8-20)28(21-9-11-22(30)12-10-21)32(27)16-13-23(33)17-24(34)18-25(35)36/h3-5,7-12,19,23-24,33-34H,6,13-18H2,1-2H3,(H,35,36)/t23-,24-/m1/s1. The fraction of sp³-hybridized carbons (Fsp3) is 0.414. The average Bonchev–Trinajstić information content (AvgIpc) is 3.18. The van der Waals surface area contributed by atoms with E-state index in [-0.39, 0.29) is 30.2 Å². The largest absolute Gasteiger partial charge is 0.481 e. The van der Waals surface area contributed by atoms with E-state index in [1.165, 1.54) is 16.4 Å². The lowest BCUT2D eigenvalue weighted by atomic mass is 10.0. The number of carbonyl (C=O) groups is 1. The number of halogens is 1. The molecule has 0 saturated carbocycles. The number of hydrogen-bond acceptors (Lipinski definition) is 5.